The van der Waals surface area contributed by atoms with E-state index in [2.05, 4.69) is 14.9 Å². The van der Waals surface area contributed by atoms with Gasteiger partial charge in [-0.05, 0) is 29.2 Å². The zero-order valence-corrected chi connectivity index (χ0v) is 9.98. The largest absolute Gasteiger partial charge is 0.481 e. The summed E-state index contributed by atoms with van der Waals surface area (Å²) in [5.74, 6) is -1.22. The van der Waals surface area contributed by atoms with Gasteiger partial charge in [-0.1, -0.05) is 16.6 Å². The van der Waals surface area contributed by atoms with Crippen LogP contribution in [0.2, 0.25) is 0 Å². The molecule has 0 bridgehead atoms. The minimum Gasteiger partial charge on any atom is -0.481 e. The van der Waals surface area contributed by atoms with E-state index in [4.69, 9.17) is 5.11 Å². The minimum atomic E-state index is -0.912. The molecule has 7 heteroatoms. The zero-order valence-electron chi connectivity index (χ0n) is 9.16. The van der Waals surface area contributed by atoms with Crippen molar-refractivity contribution in [2.24, 2.45) is 0 Å². The standard InChI is InChI=1S/C11H9N3O3S/c15-10(16)5-7-2-1-3-8(4-7)13-11(17)9-6-12-14-18-9/h1-4,6H,5H2,(H,13,17)(H,15,16). The summed E-state index contributed by atoms with van der Waals surface area (Å²) in [6.07, 6.45) is 1.30. The van der Waals surface area contributed by atoms with Crippen LogP contribution in [-0.2, 0) is 11.2 Å². The number of benzene rings is 1. The van der Waals surface area contributed by atoms with Crippen LogP contribution in [0.3, 0.4) is 0 Å². The van der Waals surface area contributed by atoms with E-state index < -0.39 is 5.97 Å². The molecule has 2 aromatic rings. The van der Waals surface area contributed by atoms with Crippen LogP contribution in [0.4, 0.5) is 5.69 Å². The second-order valence-corrected chi connectivity index (χ2v) is 4.29. The van der Waals surface area contributed by atoms with Gasteiger partial charge in [0, 0.05) is 5.69 Å². The average Bonchev–Trinajstić information content (AvgIpc) is 2.81. The Hall–Kier alpha value is -2.28. The van der Waals surface area contributed by atoms with Gasteiger partial charge in [0.15, 0.2) is 0 Å². The molecule has 1 aromatic carbocycles. The first kappa shape index (κ1) is 12.2. The van der Waals surface area contributed by atoms with E-state index in [1.54, 1.807) is 24.3 Å². The third kappa shape index (κ3) is 3.11. The summed E-state index contributed by atoms with van der Waals surface area (Å²) in [7, 11) is 0. The van der Waals surface area contributed by atoms with E-state index in [0.717, 1.165) is 11.5 Å². The molecule has 0 saturated heterocycles. The highest BCUT2D eigenvalue weighted by Gasteiger charge is 2.09. The Balaban J connectivity index is 2.10. The van der Waals surface area contributed by atoms with Crippen molar-refractivity contribution < 1.29 is 14.7 Å². The number of carbonyl (C=O) groups is 2. The number of rotatable bonds is 4. The van der Waals surface area contributed by atoms with Gasteiger partial charge in [-0.25, -0.2) is 0 Å². The maximum absolute atomic E-state index is 11.7. The second kappa shape index (κ2) is 5.37. The fourth-order valence-electron chi connectivity index (χ4n) is 1.39. The number of carboxylic acid groups (broad SMARTS) is 1. The number of aliphatic carboxylic acids is 1. The predicted molar refractivity (Wildman–Crippen MR) is 65.6 cm³/mol. The number of nitrogens with one attached hydrogen (secondary N) is 1. The Kier molecular flexibility index (Phi) is 3.63. The van der Waals surface area contributed by atoms with Gasteiger partial charge in [0.2, 0.25) is 0 Å². The summed E-state index contributed by atoms with van der Waals surface area (Å²) in [5.41, 5.74) is 1.18. The monoisotopic (exact) mass is 263 g/mol. The van der Waals surface area contributed by atoms with Crippen LogP contribution in [0.25, 0.3) is 0 Å². The number of nitrogens with zero attached hydrogens (tertiary/aromatic N) is 2. The first-order valence-electron chi connectivity index (χ1n) is 5.04. The molecule has 0 radical (unpaired) electrons. The molecule has 18 heavy (non-hydrogen) atoms. The fourth-order valence-corrected chi connectivity index (χ4v) is 1.80. The third-order valence-electron chi connectivity index (χ3n) is 2.13. The van der Waals surface area contributed by atoms with E-state index in [0.29, 0.717) is 16.1 Å². The molecule has 2 N–H and O–H groups in total. The minimum absolute atomic E-state index is 0.0776. The van der Waals surface area contributed by atoms with Gasteiger partial charge in [-0.2, -0.15) is 0 Å². The molecule has 0 aliphatic carbocycles. The fraction of sp³-hybridized carbons (Fsp3) is 0.0909. The van der Waals surface area contributed by atoms with Crippen molar-refractivity contribution in [2.45, 2.75) is 6.42 Å². The van der Waals surface area contributed by atoms with Gasteiger partial charge in [-0.15, -0.1) is 5.10 Å². The average molecular weight is 263 g/mol. The van der Waals surface area contributed by atoms with Crippen molar-refractivity contribution in [1.29, 1.82) is 0 Å². The van der Waals surface area contributed by atoms with E-state index in [-0.39, 0.29) is 12.3 Å². The SMILES string of the molecule is O=C(O)Cc1cccc(NC(=O)c2cnns2)c1. The Morgan fingerprint density at radius 2 is 2.22 bits per heavy atom. The number of hydrogen-bond acceptors (Lipinski definition) is 5. The first-order valence-corrected chi connectivity index (χ1v) is 5.82. The number of carboxylic acids is 1. The summed E-state index contributed by atoms with van der Waals surface area (Å²) >= 11 is 0.998. The number of aromatic nitrogens is 2. The Labute approximate surface area is 106 Å². The van der Waals surface area contributed by atoms with Crippen LogP contribution < -0.4 is 5.32 Å². The molecule has 0 spiro atoms. The Morgan fingerprint density at radius 1 is 1.39 bits per heavy atom. The molecule has 1 aromatic heterocycles. The van der Waals surface area contributed by atoms with Crippen molar-refractivity contribution in [2.75, 3.05) is 5.32 Å². The van der Waals surface area contributed by atoms with Crippen LogP contribution in [0.1, 0.15) is 15.2 Å². The quantitative estimate of drug-likeness (QED) is 0.870. The molecule has 0 atom stereocenters. The lowest BCUT2D eigenvalue weighted by Crippen LogP contribution is -2.10. The molecule has 92 valence electrons. The third-order valence-corrected chi connectivity index (χ3v) is 2.79. The van der Waals surface area contributed by atoms with Gasteiger partial charge < -0.3 is 10.4 Å². The highest BCUT2D eigenvalue weighted by Crippen LogP contribution is 2.13. The molecule has 0 aliphatic heterocycles. The van der Waals surface area contributed by atoms with E-state index in [9.17, 15) is 9.59 Å². The summed E-state index contributed by atoms with van der Waals surface area (Å²) < 4.78 is 3.59. The highest BCUT2D eigenvalue weighted by atomic mass is 32.1. The molecule has 2 rings (SSSR count). The number of amides is 1. The van der Waals surface area contributed by atoms with Crippen molar-refractivity contribution in [3.05, 3.63) is 40.9 Å². The smallest absolute Gasteiger partial charge is 0.307 e. The van der Waals surface area contributed by atoms with Crippen molar-refractivity contribution in [3.63, 3.8) is 0 Å². The maximum atomic E-state index is 11.7. The molecule has 1 heterocycles. The van der Waals surface area contributed by atoms with Gasteiger partial charge in [0.05, 0.1) is 12.6 Å². The van der Waals surface area contributed by atoms with Gasteiger partial charge in [-0.3, -0.25) is 9.59 Å². The van der Waals surface area contributed by atoms with Gasteiger partial charge >= 0.3 is 5.97 Å². The molecule has 0 saturated carbocycles. The summed E-state index contributed by atoms with van der Waals surface area (Å²) in [6.45, 7) is 0. The van der Waals surface area contributed by atoms with Crippen molar-refractivity contribution in [1.82, 2.24) is 9.59 Å². The molecule has 6 nitrogen and oxygen atoms in total. The molecule has 0 aliphatic rings. The lowest BCUT2D eigenvalue weighted by molar-refractivity contribution is -0.136. The van der Waals surface area contributed by atoms with Crippen LogP contribution in [0, 0.1) is 0 Å². The number of hydrogen-bond donors (Lipinski definition) is 2. The molecule has 0 unspecified atom stereocenters. The van der Waals surface area contributed by atoms with Gasteiger partial charge in [0.25, 0.3) is 5.91 Å². The van der Waals surface area contributed by atoms with Gasteiger partial charge in [0.1, 0.15) is 4.88 Å². The number of anilines is 1. The lowest BCUT2D eigenvalue weighted by atomic mass is 10.1. The summed E-state index contributed by atoms with van der Waals surface area (Å²) in [5, 5.41) is 14.9. The molecule has 1 amide bonds. The first-order chi connectivity index (χ1) is 8.65. The van der Waals surface area contributed by atoms with E-state index in [1.807, 2.05) is 0 Å². The van der Waals surface area contributed by atoms with Crippen LogP contribution in [0.15, 0.2) is 30.5 Å². The lowest BCUT2D eigenvalue weighted by Gasteiger charge is -2.04. The van der Waals surface area contributed by atoms with Crippen LogP contribution >= 0.6 is 11.5 Å². The molecular weight excluding hydrogens is 254 g/mol. The van der Waals surface area contributed by atoms with Crippen molar-refractivity contribution in [3.8, 4) is 0 Å². The zero-order chi connectivity index (χ0) is 13.0. The Bertz CT molecular complexity index is 569. The van der Waals surface area contributed by atoms with Crippen LogP contribution in [0.5, 0.6) is 0 Å². The molecular formula is C11H9N3O3S. The van der Waals surface area contributed by atoms with Crippen molar-refractivity contribution >= 4 is 29.1 Å². The normalized spacial score (nSPS) is 10.0. The maximum Gasteiger partial charge on any atom is 0.307 e. The summed E-state index contributed by atoms with van der Waals surface area (Å²) in [4.78, 5) is 22.7. The van der Waals surface area contributed by atoms with E-state index in [1.165, 1.54) is 6.20 Å². The topological polar surface area (TPSA) is 92.2 Å². The Morgan fingerprint density at radius 3 is 2.89 bits per heavy atom. The molecule has 0 fully saturated rings. The predicted octanol–water partition coefficient (Wildman–Crippen LogP) is 1.42. The highest BCUT2D eigenvalue weighted by molar-refractivity contribution is 7.07. The van der Waals surface area contributed by atoms with E-state index >= 15 is 0 Å². The van der Waals surface area contributed by atoms with Crippen LogP contribution in [-0.4, -0.2) is 26.6 Å². The number of carbonyl (C=O) groups excluding carboxylic acids is 1. The summed E-state index contributed by atoms with van der Waals surface area (Å²) in [6, 6.07) is 6.70. The second-order valence-electron chi connectivity index (χ2n) is 3.51.